The van der Waals surface area contributed by atoms with Crippen LogP contribution in [-0.4, -0.2) is 0 Å². The largest absolute Gasteiger partial charge is 0.321 e. The van der Waals surface area contributed by atoms with Gasteiger partial charge in [0.25, 0.3) is 0 Å². The topological polar surface area (TPSA) is 26.0 Å². The van der Waals surface area contributed by atoms with E-state index >= 15 is 0 Å². The van der Waals surface area contributed by atoms with Gasteiger partial charge in [-0.2, -0.15) is 0 Å². The maximum atomic E-state index is 12.9. The van der Waals surface area contributed by atoms with Gasteiger partial charge in [-0.25, -0.2) is 4.39 Å². The summed E-state index contributed by atoms with van der Waals surface area (Å²) in [5.74, 6) is -0.261. The Morgan fingerprint density at radius 3 is 2.37 bits per heavy atom. The van der Waals surface area contributed by atoms with Crippen LogP contribution in [0, 0.1) is 5.82 Å². The summed E-state index contributed by atoms with van der Waals surface area (Å²) in [5, 5.41) is 0.950. The summed E-state index contributed by atoms with van der Waals surface area (Å²) in [6, 6.07) is 11.7. The van der Waals surface area contributed by atoms with Gasteiger partial charge in [0, 0.05) is 5.54 Å². The highest BCUT2D eigenvalue weighted by molar-refractivity contribution is 6.42. The van der Waals surface area contributed by atoms with Crippen molar-refractivity contribution < 1.29 is 4.39 Å². The Kier molecular flexibility index (Phi) is 4.14. The van der Waals surface area contributed by atoms with Crippen LogP contribution < -0.4 is 5.73 Å². The second-order valence-corrected chi connectivity index (χ2v) is 5.61. The van der Waals surface area contributed by atoms with Crippen LogP contribution in [0.4, 0.5) is 4.39 Å². The molecule has 0 bridgehead atoms. The lowest BCUT2D eigenvalue weighted by Crippen LogP contribution is -2.35. The summed E-state index contributed by atoms with van der Waals surface area (Å²) in [6.45, 7) is 1.88. The van der Waals surface area contributed by atoms with Crippen molar-refractivity contribution in [3.05, 3.63) is 69.5 Å². The summed E-state index contributed by atoms with van der Waals surface area (Å²) in [6.07, 6.45) is 0.549. The van der Waals surface area contributed by atoms with Crippen LogP contribution in [0.25, 0.3) is 0 Å². The van der Waals surface area contributed by atoms with E-state index in [9.17, 15) is 4.39 Å². The Labute approximate surface area is 122 Å². The number of hydrogen-bond acceptors (Lipinski definition) is 1. The molecule has 0 aliphatic rings. The lowest BCUT2D eigenvalue weighted by Gasteiger charge is -2.27. The molecule has 0 amide bonds. The van der Waals surface area contributed by atoms with E-state index in [-0.39, 0.29) is 5.82 Å². The zero-order chi connectivity index (χ0) is 14.0. The number of nitrogens with two attached hydrogens (primary N) is 1. The van der Waals surface area contributed by atoms with Crippen LogP contribution in [0.1, 0.15) is 18.1 Å². The number of benzene rings is 2. The number of halogens is 3. The van der Waals surface area contributed by atoms with E-state index in [4.69, 9.17) is 28.9 Å². The monoisotopic (exact) mass is 297 g/mol. The van der Waals surface area contributed by atoms with Gasteiger partial charge >= 0.3 is 0 Å². The molecule has 1 nitrogen and oxygen atoms in total. The SMILES string of the molecule is CC(N)(Cc1ccc(F)cc1)c1cccc(Cl)c1Cl. The molecule has 1 unspecified atom stereocenters. The first-order valence-corrected chi connectivity index (χ1v) is 6.63. The van der Waals surface area contributed by atoms with Gasteiger partial charge in [0.05, 0.1) is 10.0 Å². The van der Waals surface area contributed by atoms with Gasteiger partial charge in [0.1, 0.15) is 5.82 Å². The van der Waals surface area contributed by atoms with Gasteiger partial charge in [-0.15, -0.1) is 0 Å². The first kappa shape index (κ1) is 14.3. The van der Waals surface area contributed by atoms with E-state index < -0.39 is 5.54 Å². The molecule has 4 heteroatoms. The lowest BCUT2D eigenvalue weighted by molar-refractivity contribution is 0.491. The summed E-state index contributed by atoms with van der Waals surface area (Å²) < 4.78 is 12.9. The molecule has 1 atom stereocenters. The van der Waals surface area contributed by atoms with Gasteiger partial charge < -0.3 is 5.73 Å². The molecule has 0 spiro atoms. The molecule has 0 radical (unpaired) electrons. The minimum absolute atomic E-state index is 0.261. The summed E-state index contributed by atoms with van der Waals surface area (Å²) in [5.41, 5.74) is 7.40. The fourth-order valence-electron chi connectivity index (χ4n) is 2.07. The van der Waals surface area contributed by atoms with Crippen LogP contribution in [0.5, 0.6) is 0 Å². The Morgan fingerprint density at radius 2 is 1.74 bits per heavy atom. The molecule has 2 rings (SSSR count). The summed E-state index contributed by atoms with van der Waals surface area (Å²) >= 11 is 12.2. The minimum Gasteiger partial charge on any atom is -0.321 e. The van der Waals surface area contributed by atoms with Crippen molar-refractivity contribution in [1.29, 1.82) is 0 Å². The zero-order valence-electron chi connectivity index (χ0n) is 10.5. The molecule has 0 aliphatic heterocycles. The fourth-order valence-corrected chi connectivity index (χ4v) is 2.58. The molecule has 2 aromatic rings. The third-order valence-corrected chi connectivity index (χ3v) is 3.87. The maximum absolute atomic E-state index is 12.9. The molecule has 0 aliphatic carbocycles. The maximum Gasteiger partial charge on any atom is 0.123 e. The van der Waals surface area contributed by atoms with Crippen molar-refractivity contribution in [3.8, 4) is 0 Å². The Morgan fingerprint density at radius 1 is 1.11 bits per heavy atom. The molecular weight excluding hydrogens is 284 g/mol. The smallest absolute Gasteiger partial charge is 0.123 e. The molecule has 0 saturated carbocycles. The van der Waals surface area contributed by atoms with Crippen molar-refractivity contribution in [1.82, 2.24) is 0 Å². The second-order valence-electron chi connectivity index (χ2n) is 4.82. The zero-order valence-corrected chi connectivity index (χ0v) is 12.0. The molecular formula is C15H14Cl2FN. The van der Waals surface area contributed by atoms with Gasteiger partial charge in [0.15, 0.2) is 0 Å². The predicted molar refractivity (Wildman–Crippen MR) is 78.1 cm³/mol. The van der Waals surface area contributed by atoms with Crippen LogP contribution in [-0.2, 0) is 12.0 Å². The predicted octanol–water partition coefficient (Wildman–Crippen LogP) is 4.55. The molecule has 2 aromatic carbocycles. The third-order valence-electron chi connectivity index (χ3n) is 3.05. The van der Waals surface area contributed by atoms with Gasteiger partial charge in [-0.3, -0.25) is 0 Å². The van der Waals surface area contributed by atoms with Crippen LogP contribution in [0.15, 0.2) is 42.5 Å². The van der Waals surface area contributed by atoms with E-state index in [1.165, 1.54) is 12.1 Å². The average Bonchev–Trinajstić information content (AvgIpc) is 2.35. The molecule has 2 N–H and O–H groups in total. The molecule has 19 heavy (non-hydrogen) atoms. The van der Waals surface area contributed by atoms with Crippen molar-refractivity contribution >= 4 is 23.2 Å². The van der Waals surface area contributed by atoms with Crippen LogP contribution in [0.2, 0.25) is 10.0 Å². The van der Waals surface area contributed by atoms with Crippen molar-refractivity contribution in [3.63, 3.8) is 0 Å². The molecule has 100 valence electrons. The minimum atomic E-state index is -0.667. The summed E-state index contributed by atoms with van der Waals surface area (Å²) in [7, 11) is 0. The first-order valence-electron chi connectivity index (χ1n) is 5.88. The average molecular weight is 298 g/mol. The van der Waals surface area contributed by atoms with E-state index in [0.29, 0.717) is 16.5 Å². The van der Waals surface area contributed by atoms with Gasteiger partial charge in [-0.05, 0) is 42.7 Å². The molecule has 0 aromatic heterocycles. The molecule has 0 fully saturated rings. The third kappa shape index (κ3) is 3.27. The van der Waals surface area contributed by atoms with Crippen LogP contribution >= 0.6 is 23.2 Å². The first-order chi connectivity index (χ1) is 8.90. The summed E-state index contributed by atoms with van der Waals surface area (Å²) in [4.78, 5) is 0. The highest BCUT2D eigenvalue weighted by Gasteiger charge is 2.25. The van der Waals surface area contributed by atoms with Crippen molar-refractivity contribution in [2.75, 3.05) is 0 Å². The van der Waals surface area contributed by atoms with Crippen molar-refractivity contribution in [2.24, 2.45) is 5.73 Å². The standard InChI is InChI=1S/C15H14Cl2FN/c1-15(19,9-10-5-7-11(18)8-6-10)12-3-2-4-13(16)14(12)17/h2-8H,9,19H2,1H3. The second kappa shape index (κ2) is 5.49. The van der Waals surface area contributed by atoms with E-state index in [1.807, 2.05) is 19.1 Å². The Hall–Kier alpha value is -1.09. The highest BCUT2D eigenvalue weighted by atomic mass is 35.5. The number of rotatable bonds is 3. The van der Waals surface area contributed by atoms with E-state index in [1.54, 1.807) is 18.2 Å². The number of hydrogen-bond donors (Lipinski definition) is 1. The quantitative estimate of drug-likeness (QED) is 0.884. The van der Waals surface area contributed by atoms with Gasteiger partial charge in [0.2, 0.25) is 0 Å². The van der Waals surface area contributed by atoms with Gasteiger partial charge in [-0.1, -0.05) is 47.5 Å². The molecule has 0 saturated heterocycles. The normalized spacial score (nSPS) is 14.2. The highest BCUT2D eigenvalue weighted by Crippen LogP contribution is 2.33. The van der Waals surface area contributed by atoms with Crippen LogP contribution in [0.3, 0.4) is 0 Å². The Balaban J connectivity index is 2.31. The van der Waals surface area contributed by atoms with E-state index in [0.717, 1.165) is 11.1 Å². The lowest BCUT2D eigenvalue weighted by atomic mass is 9.86. The van der Waals surface area contributed by atoms with E-state index in [2.05, 4.69) is 0 Å². The molecule has 0 heterocycles. The fraction of sp³-hybridized carbons (Fsp3) is 0.200. The van der Waals surface area contributed by atoms with Crippen molar-refractivity contribution in [2.45, 2.75) is 18.9 Å². The Bertz CT molecular complexity index is 579.